The monoisotopic (exact) mass is 732 g/mol. The lowest BCUT2D eigenvalue weighted by Gasteiger charge is -2.19. The smallest absolute Gasteiger partial charge is 0.220 e. The van der Waals surface area contributed by atoms with Crippen molar-refractivity contribution in [3.63, 3.8) is 0 Å². The third kappa shape index (κ3) is 40.1. The molecule has 0 saturated heterocycles. The van der Waals surface area contributed by atoms with E-state index in [9.17, 15) is 15.0 Å². The van der Waals surface area contributed by atoms with Gasteiger partial charge in [-0.05, 0) is 32.1 Å². The molecule has 2 unspecified atom stereocenters. The zero-order valence-electron chi connectivity index (χ0n) is 35.3. The Labute approximate surface area is 326 Å². The van der Waals surface area contributed by atoms with Gasteiger partial charge in [-0.2, -0.15) is 0 Å². The van der Waals surface area contributed by atoms with Gasteiger partial charge in [0.15, 0.2) is 0 Å². The summed E-state index contributed by atoms with van der Waals surface area (Å²) in [4.78, 5) is 12.4. The number of unbranched alkanes of at least 4 members (excludes halogenated alkanes) is 34. The number of rotatable bonds is 43. The van der Waals surface area contributed by atoms with E-state index in [4.69, 9.17) is 0 Å². The van der Waals surface area contributed by atoms with Crippen molar-refractivity contribution < 1.29 is 15.0 Å². The van der Waals surface area contributed by atoms with Crippen LogP contribution in [0.4, 0.5) is 0 Å². The Bertz CT molecular complexity index is 750. The number of carbonyl (C=O) groups excluding carboxylic acids is 1. The molecule has 4 heteroatoms. The van der Waals surface area contributed by atoms with Gasteiger partial charge >= 0.3 is 0 Å². The summed E-state index contributed by atoms with van der Waals surface area (Å²) in [6.45, 7) is 4.31. The second-order valence-electron chi connectivity index (χ2n) is 16.2. The Kier molecular flexibility index (Phi) is 43.3. The van der Waals surface area contributed by atoms with Crippen LogP contribution in [0.1, 0.15) is 258 Å². The van der Waals surface area contributed by atoms with Crippen molar-refractivity contribution in [1.82, 2.24) is 5.32 Å². The molecule has 0 bridgehead atoms. The molecule has 0 radical (unpaired) electrons. The van der Waals surface area contributed by atoms with E-state index in [-0.39, 0.29) is 12.5 Å². The number of amides is 1. The van der Waals surface area contributed by atoms with Crippen LogP contribution in [-0.2, 0) is 4.79 Å². The maximum Gasteiger partial charge on any atom is 0.220 e. The summed E-state index contributed by atoms with van der Waals surface area (Å²) < 4.78 is 0. The summed E-state index contributed by atoms with van der Waals surface area (Å²) in [5, 5.41) is 23.0. The molecular formula is C48H93NO3. The minimum atomic E-state index is -0.857. The van der Waals surface area contributed by atoms with Gasteiger partial charge in [0.05, 0.1) is 18.8 Å². The SMILES string of the molecule is CCCCCCCCCCC/C=C/CC/C=C/C(O)C(CO)NC(=O)CCCCCCCCCCCCCCCCCCCCCCCCCCC. The first-order valence-electron chi connectivity index (χ1n) is 23.6. The summed E-state index contributed by atoms with van der Waals surface area (Å²) in [5.41, 5.74) is 0. The summed E-state index contributed by atoms with van der Waals surface area (Å²) in [5.74, 6) is -0.0694. The molecule has 0 aliphatic carbocycles. The van der Waals surface area contributed by atoms with Crippen LogP contribution in [0, 0.1) is 0 Å². The maximum atomic E-state index is 12.4. The molecule has 0 aliphatic rings. The van der Waals surface area contributed by atoms with Gasteiger partial charge in [-0.3, -0.25) is 4.79 Å². The van der Waals surface area contributed by atoms with Crippen LogP contribution >= 0.6 is 0 Å². The van der Waals surface area contributed by atoms with Crippen molar-refractivity contribution in [2.45, 2.75) is 270 Å². The zero-order valence-corrected chi connectivity index (χ0v) is 35.3. The fraction of sp³-hybridized carbons (Fsp3) is 0.896. The average molecular weight is 732 g/mol. The van der Waals surface area contributed by atoms with Crippen LogP contribution < -0.4 is 5.32 Å². The van der Waals surface area contributed by atoms with Gasteiger partial charge in [0.25, 0.3) is 0 Å². The van der Waals surface area contributed by atoms with E-state index >= 15 is 0 Å². The van der Waals surface area contributed by atoms with Gasteiger partial charge in [0.2, 0.25) is 5.91 Å². The highest BCUT2D eigenvalue weighted by molar-refractivity contribution is 5.76. The fourth-order valence-electron chi connectivity index (χ4n) is 7.31. The minimum absolute atomic E-state index is 0.0694. The Morgan fingerprint density at radius 2 is 0.750 bits per heavy atom. The number of hydrogen-bond acceptors (Lipinski definition) is 3. The molecular weight excluding hydrogens is 639 g/mol. The number of nitrogens with one attached hydrogen (secondary N) is 1. The van der Waals surface area contributed by atoms with Crippen molar-refractivity contribution in [3.8, 4) is 0 Å². The molecule has 0 saturated carbocycles. The Hall–Kier alpha value is -1.13. The second kappa shape index (κ2) is 44.3. The van der Waals surface area contributed by atoms with Crippen LogP contribution in [0.15, 0.2) is 24.3 Å². The summed E-state index contributed by atoms with van der Waals surface area (Å²) in [6.07, 6.45) is 57.3. The van der Waals surface area contributed by atoms with E-state index < -0.39 is 12.1 Å². The molecule has 1 amide bonds. The highest BCUT2D eigenvalue weighted by atomic mass is 16.3. The van der Waals surface area contributed by atoms with Crippen LogP contribution in [0.3, 0.4) is 0 Å². The molecule has 0 aliphatic heterocycles. The van der Waals surface area contributed by atoms with Crippen LogP contribution in [0.25, 0.3) is 0 Å². The van der Waals surface area contributed by atoms with Gasteiger partial charge in [-0.1, -0.05) is 244 Å². The number of aliphatic hydroxyl groups excluding tert-OH is 2. The molecule has 3 N–H and O–H groups in total. The molecule has 2 atom stereocenters. The van der Waals surface area contributed by atoms with E-state index in [1.54, 1.807) is 6.08 Å². The first-order valence-corrected chi connectivity index (χ1v) is 23.6. The zero-order chi connectivity index (χ0) is 37.8. The summed E-state index contributed by atoms with van der Waals surface area (Å²) in [6, 6.07) is -0.634. The lowest BCUT2D eigenvalue weighted by atomic mass is 10.0. The Morgan fingerprint density at radius 1 is 0.442 bits per heavy atom. The van der Waals surface area contributed by atoms with Crippen molar-refractivity contribution in [2.75, 3.05) is 6.61 Å². The quantitative estimate of drug-likeness (QED) is 0.0432. The van der Waals surface area contributed by atoms with Crippen molar-refractivity contribution in [2.24, 2.45) is 0 Å². The summed E-state index contributed by atoms with van der Waals surface area (Å²) >= 11 is 0. The van der Waals surface area contributed by atoms with E-state index in [1.165, 1.54) is 205 Å². The van der Waals surface area contributed by atoms with Crippen molar-refractivity contribution in [3.05, 3.63) is 24.3 Å². The number of allylic oxidation sites excluding steroid dienone is 3. The van der Waals surface area contributed by atoms with E-state index in [1.807, 2.05) is 6.08 Å². The molecule has 308 valence electrons. The first kappa shape index (κ1) is 50.9. The van der Waals surface area contributed by atoms with Gasteiger partial charge in [0.1, 0.15) is 0 Å². The van der Waals surface area contributed by atoms with E-state index in [0.717, 1.165) is 32.1 Å². The van der Waals surface area contributed by atoms with Crippen molar-refractivity contribution >= 4 is 5.91 Å². The predicted molar refractivity (Wildman–Crippen MR) is 230 cm³/mol. The number of aliphatic hydroxyl groups is 2. The molecule has 0 rings (SSSR count). The second-order valence-corrected chi connectivity index (χ2v) is 16.2. The van der Waals surface area contributed by atoms with E-state index in [0.29, 0.717) is 6.42 Å². The van der Waals surface area contributed by atoms with E-state index in [2.05, 4.69) is 31.3 Å². The predicted octanol–water partition coefficient (Wildman–Crippen LogP) is 14.8. The highest BCUT2D eigenvalue weighted by Crippen LogP contribution is 2.16. The minimum Gasteiger partial charge on any atom is -0.394 e. The molecule has 0 spiro atoms. The molecule has 0 aromatic rings. The largest absolute Gasteiger partial charge is 0.394 e. The average Bonchev–Trinajstić information content (AvgIpc) is 3.15. The lowest BCUT2D eigenvalue weighted by Crippen LogP contribution is -2.45. The summed E-state index contributed by atoms with van der Waals surface area (Å²) in [7, 11) is 0. The highest BCUT2D eigenvalue weighted by Gasteiger charge is 2.17. The molecule has 4 nitrogen and oxygen atoms in total. The van der Waals surface area contributed by atoms with Crippen LogP contribution in [0.5, 0.6) is 0 Å². The van der Waals surface area contributed by atoms with Crippen LogP contribution in [-0.4, -0.2) is 34.9 Å². The molecule has 0 aromatic carbocycles. The maximum absolute atomic E-state index is 12.4. The third-order valence-electron chi connectivity index (χ3n) is 10.9. The van der Waals surface area contributed by atoms with Gasteiger partial charge < -0.3 is 15.5 Å². The fourth-order valence-corrected chi connectivity index (χ4v) is 7.31. The number of carbonyl (C=O) groups is 1. The van der Waals surface area contributed by atoms with Gasteiger partial charge in [-0.15, -0.1) is 0 Å². The van der Waals surface area contributed by atoms with Gasteiger partial charge in [0, 0.05) is 6.42 Å². The lowest BCUT2D eigenvalue weighted by molar-refractivity contribution is -0.123. The molecule has 0 fully saturated rings. The normalized spacial score (nSPS) is 13.1. The standard InChI is InChI=1S/C48H93NO3/c1-3-5-7-9-11-13-15-17-19-20-21-22-23-24-25-26-27-28-30-32-34-36-38-40-42-44-48(52)49-46(45-50)47(51)43-41-39-37-35-33-31-29-18-16-14-12-10-8-6-4-2/h33,35,41,43,46-47,50-51H,3-32,34,36-40,42,44-45H2,1-2H3,(H,49,52)/b35-33+,43-41+. The number of hydrogen-bond donors (Lipinski definition) is 3. The molecule has 52 heavy (non-hydrogen) atoms. The molecule has 0 aromatic heterocycles. The molecule has 0 heterocycles. The first-order chi connectivity index (χ1) is 25.7. The Balaban J connectivity index is 3.50. The third-order valence-corrected chi connectivity index (χ3v) is 10.9. The Morgan fingerprint density at radius 3 is 1.12 bits per heavy atom. The topological polar surface area (TPSA) is 69.6 Å². The van der Waals surface area contributed by atoms with Gasteiger partial charge in [-0.25, -0.2) is 0 Å². The van der Waals surface area contributed by atoms with Crippen LogP contribution in [0.2, 0.25) is 0 Å². The van der Waals surface area contributed by atoms with Crippen molar-refractivity contribution in [1.29, 1.82) is 0 Å².